The lowest BCUT2D eigenvalue weighted by atomic mass is 10.3. The molecule has 0 unspecified atom stereocenters. The number of fused-ring (bicyclic) bond motifs is 3. The van der Waals surface area contributed by atoms with Crippen molar-refractivity contribution in [2.75, 3.05) is 6.54 Å². The van der Waals surface area contributed by atoms with Gasteiger partial charge in [0.25, 0.3) is 5.56 Å². The summed E-state index contributed by atoms with van der Waals surface area (Å²) in [6, 6.07) is 1.88. The minimum Gasteiger partial charge on any atom is -0.323 e. The van der Waals surface area contributed by atoms with Crippen LogP contribution in [0.4, 0.5) is 0 Å². The highest BCUT2D eigenvalue weighted by molar-refractivity contribution is 7.19. The SMILES string of the molecule is Cn1ccc(Cn2ncc3c4sc(CC5=CCN=N5)nc4n(C)c3c2=O)n1. The van der Waals surface area contributed by atoms with Gasteiger partial charge in [-0.25, -0.2) is 9.67 Å². The van der Waals surface area contributed by atoms with E-state index in [2.05, 4.69) is 20.4 Å². The third-order valence-electron chi connectivity index (χ3n) is 4.59. The first kappa shape index (κ1) is 16.1. The second kappa shape index (κ2) is 5.95. The lowest BCUT2D eigenvalue weighted by molar-refractivity contribution is 0.619. The van der Waals surface area contributed by atoms with Gasteiger partial charge >= 0.3 is 0 Å². The van der Waals surface area contributed by atoms with E-state index in [1.54, 1.807) is 22.2 Å². The van der Waals surface area contributed by atoms with Gasteiger partial charge in [-0.2, -0.15) is 20.4 Å². The number of aromatic nitrogens is 6. The van der Waals surface area contributed by atoms with Crippen molar-refractivity contribution in [1.29, 1.82) is 0 Å². The highest BCUT2D eigenvalue weighted by atomic mass is 32.1. The van der Waals surface area contributed by atoms with Crippen LogP contribution in [0.2, 0.25) is 0 Å². The molecule has 1 aliphatic rings. The summed E-state index contributed by atoms with van der Waals surface area (Å²) >= 11 is 1.58. The van der Waals surface area contributed by atoms with Crippen LogP contribution in [0.1, 0.15) is 10.7 Å². The average molecular weight is 380 g/mol. The van der Waals surface area contributed by atoms with Gasteiger partial charge in [0.1, 0.15) is 10.5 Å². The summed E-state index contributed by atoms with van der Waals surface area (Å²) in [5.74, 6) is 0. The summed E-state index contributed by atoms with van der Waals surface area (Å²) in [6.07, 6.45) is 6.26. The van der Waals surface area contributed by atoms with Gasteiger partial charge in [0.2, 0.25) is 0 Å². The van der Waals surface area contributed by atoms with Crippen LogP contribution in [-0.4, -0.2) is 35.7 Å². The first-order valence-electron chi connectivity index (χ1n) is 8.49. The molecule has 0 radical (unpaired) electrons. The summed E-state index contributed by atoms with van der Waals surface area (Å²) in [7, 11) is 3.72. The number of hydrogen-bond acceptors (Lipinski definition) is 7. The Kier molecular flexibility index (Phi) is 3.54. The zero-order valence-electron chi connectivity index (χ0n) is 14.8. The Hall–Kier alpha value is -3.14. The molecule has 0 aliphatic carbocycles. The Morgan fingerprint density at radius 1 is 1.30 bits per heavy atom. The summed E-state index contributed by atoms with van der Waals surface area (Å²) in [5, 5.41) is 18.6. The molecule has 136 valence electrons. The summed E-state index contributed by atoms with van der Waals surface area (Å²) < 4.78 is 5.99. The molecule has 1 aliphatic heterocycles. The lowest BCUT2D eigenvalue weighted by Crippen LogP contribution is -2.24. The molecule has 9 nitrogen and oxygen atoms in total. The summed E-state index contributed by atoms with van der Waals surface area (Å²) in [5.41, 5.74) is 3.01. The van der Waals surface area contributed by atoms with Crippen molar-refractivity contribution in [3.63, 3.8) is 0 Å². The first-order chi connectivity index (χ1) is 13.1. The summed E-state index contributed by atoms with van der Waals surface area (Å²) in [6.45, 7) is 0.981. The van der Waals surface area contributed by atoms with Crippen LogP contribution >= 0.6 is 11.3 Å². The van der Waals surface area contributed by atoms with Gasteiger partial charge in [0, 0.05) is 32.1 Å². The quantitative estimate of drug-likeness (QED) is 0.541. The number of hydrogen-bond donors (Lipinski definition) is 0. The van der Waals surface area contributed by atoms with Gasteiger partial charge in [0.15, 0.2) is 5.65 Å². The molecule has 0 aromatic carbocycles. The number of aryl methyl sites for hydroxylation is 2. The van der Waals surface area contributed by atoms with Crippen molar-refractivity contribution in [2.45, 2.75) is 13.0 Å². The van der Waals surface area contributed by atoms with Crippen molar-refractivity contribution < 1.29 is 0 Å². The maximum absolute atomic E-state index is 13.0. The minimum atomic E-state index is -0.139. The Labute approximate surface area is 157 Å². The zero-order chi connectivity index (χ0) is 18.5. The zero-order valence-corrected chi connectivity index (χ0v) is 15.6. The van der Waals surface area contributed by atoms with Crippen molar-refractivity contribution in [3.8, 4) is 0 Å². The molecule has 0 saturated carbocycles. The first-order valence-corrected chi connectivity index (χ1v) is 9.31. The fraction of sp³-hybridized carbons (Fsp3) is 0.294. The van der Waals surface area contributed by atoms with Gasteiger partial charge < -0.3 is 4.57 Å². The van der Waals surface area contributed by atoms with Crippen molar-refractivity contribution in [2.24, 2.45) is 24.3 Å². The van der Waals surface area contributed by atoms with Gasteiger partial charge in [0.05, 0.1) is 35.4 Å². The largest absolute Gasteiger partial charge is 0.323 e. The number of rotatable bonds is 4. The second-order valence-electron chi connectivity index (χ2n) is 6.47. The molecule has 10 heteroatoms. The Bertz CT molecular complexity index is 1300. The van der Waals surface area contributed by atoms with E-state index in [4.69, 9.17) is 4.98 Å². The molecule has 0 atom stereocenters. The fourth-order valence-electron chi connectivity index (χ4n) is 3.30. The second-order valence-corrected chi connectivity index (χ2v) is 7.55. The van der Waals surface area contributed by atoms with E-state index in [0.29, 0.717) is 25.0 Å². The molecule has 5 heterocycles. The molecule has 0 fully saturated rings. The molecule has 0 saturated heterocycles. The Morgan fingerprint density at radius 3 is 2.93 bits per heavy atom. The van der Waals surface area contributed by atoms with Crippen LogP contribution in [0.5, 0.6) is 0 Å². The molecule has 0 N–H and O–H groups in total. The molecule has 27 heavy (non-hydrogen) atoms. The van der Waals surface area contributed by atoms with E-state index >= 15 is 0 Å². The van der Waals surface area contributed by atoms with E-state index in [1.165, 1.54) is 4.68 Å². The molecule has 4 aromatic rings. The van der Waals surface area contributed by atoms with Crippen LogP contribution in [0.15, 0.2) is 45.3 Å². The van der Waals surface area contributed by atoms with E-state index in [-0.39, 0.29) is 5.56 Å². The molecule has 0 spiro atoms. The molecule has 5 rings (SSSR count). The van der Waals surface area contributed by atoms with Gasteiger partial charge in [-0.1, -0.05) is 0 Å². The van der Waals surface area contributed by atoms with E-state index in [1.807, 2.05) is 37.0 Å². The van der Waals surface area contributed by atoms with Crippen LogP contribution in [0, 0.1) is 0 Å². The lowest BCUT2D eigenvalue weighted by Gasteiger charge is -2.03. The minimum absolute atomic E-state index is 0.139. The van der Waals surface area contributed by atoms with Gasteiger partial charge in [-0.05, 0) is 12.1 Å². The highest BCUT2D eigenvalue weighted by Crippen LogP contribution is 2.32. The summed E-state index contributed by atoms with van der Waals surface area (Å²) in [4.78, 5) is 17.7. The van der Waals surface area contributed by atoms with Crippen molar-refractivity contribution >= 4 is 32.6 Å². The van der Waals surface area contributed by atoms with Crippen LogP contribution < -0.4 is 5.56 Å². The van der Waals surface area contributed by atoms with Crippen LogP contribution in [0.25, 0.3) is 21.3 Å². The normalized spacial score (nSPS) is 13.9. The molecular formula is C17H16N8OS. The fourth-order valence-corrected chi connectivity index (χ4v) is 4.42. The maximum atomic E-state index is 13.0. The number of allylic oxidation sites excluding steroid dienone is 1. The predicted octanol–water partition coefficient (Wildman–Crippen LogP) is 2.02. The topological polar surface area (TPSA) is 95.2 Å². The average Bonchev–Trinajstić information content (AvgIpc) is 3.40. The Morgan fingerprint density at radius 2 is 2.19 bits per heavy atom. The van der Waals surface area contributed by atoms with Gasteiger partial charge in [-0.15, -0.1) is 11.3 Å². The number of nitrogens with zero attached hydrogens (tertiary/aromatic N) is 8. The molecule has 4 aromatic heterocycles. The standard InChI is InChI=1S/C17H16N8OS/c1-23-6-4-11(22-23)9-25-17(26)14-12(8-19-25)15-16(24(14)2)20-13(27-15)7-10-3-5-18-21-10/h3-4,6,8H,5,7,9H2,1-2H3. The van der Waals surface area contributed by atoms with E-state index in [0.717, 1.165) is 32.1 Å². The van der Waals surface area contributed by atoms with Crippen LogP contribution in [0.3, 0.4) is 0 Å². The van der Waals surface area contributed by atoms with Crippen molar-refractivity contribution in [1.82, 2.24) is 29.1 Å². The van der Waals surface area contributed by atoms with Gasteiger partial charge in [-0.3, -0.25) is 9.48 Å². The third kappa shape index (κ3) is 2.60. The van der Waals surface area contributed by atoms with Crippen molar-refractivity contribution in [3.05, 3.63) is 51.3 Å². The van der Waals surface area contributed by atoms with E-state index < -0.39 is 0 Å². The molecule has 0 bridgehead atoms. The number of thiazole rings is 1. The predicted molar refractivity (Wildman–Crippen MR) is 102 cm³/mol. The highest BCUT2D eigenvalue weighted by Gasteiger charge is 2.19. The smallest absolute Gasteiger partial charge is 0.291 e. The maximum Gasteiger partial charge on any atom is 0.291 e. The monoisotopic (exact) mass is 380 g/mol. The molecular weight excluding hydrogens is 364 g/mol. The molecule has 0 amide bonds. The third-order valence-corrected chi connectivity index (χ3v) is 5.67. The van der Waals surface area contributed by atoms with Crippen LogP contribution in [-0.2, 0) is 27.1 Å². The Balaban J connectivity index is 1.59. The van der Waals surface area contributed by atoms with E-state index in [9.17, 15) is 4.79 Å². The number of azo groups is 1.